The monoisotopic (exact) mass is 463 g/mol. The zero-order valence-electron chi connectivity index (χ0n) is 17.8. The first-order valence-corrected chi connectivity index (χ1v) is 10.4. The van der Waals surface area contributed by atoms with E-state index in [1.54, 1.807) is 40.1 Å². The highest BCUT2D eigenvalue weighted by molar-refractivity contribution is 6.32. The molecule has 0 aliphatic heterocycles. The second-order valence-electron chi connectivity index (χ2n) is 7.53. The predicted molar refractivity (Wildman–Crippen MR) is 120 cm³/mol. The molecular weight excluding hydrogens is 445 g/mol. The quantitative estimate of drug-likeness (QED) is 0.467. The standard InChI is InChI=1S/C23H19ClFN7O/c1-14-4-3-5-22(28-14)31-12-21(27-13-31)23(33)29-15(2)11-32-7-6-20(30-32)16-8-18(24)17(10-26)19(25)9-16/h3-9,12-13,15H,11H2,1-2H3,(H,29,33). The molecule has 0 saturated carbocycles. The maximum absolute atomic E-state index is 14.0. The van der Waals surface area contributed by atoms with Crippen molar-refractivity contribution in [2.75, 3.05) is 0 Å². The maximum Gasteiger partial charge on any atom is 0.271 e. The van der Waals surface area contributed by atoms with E-state index in [-0.39, 0.29) is 28.2 Å². The Hall–Kier alpha value is -4.03. The number of nitrogens with zero attached hydrogens (tertiary/aromatic N) is 6. The summed E-state index contributed by atoms with van der Waals surface area (Å²) in [4.78, 5) is 21.2. The van der Waals surface area contributed by atoms with Gasteiger partial charge in [0, 0.05) is 29.7 Å². The van der Waals surface area contributed by atoms with Crippen molar-refractivity contribution in [2.24, 2.45) is 0 Å². The Balaban J connectivity index is 1.41. The van der Waals surface area contributed by atoms with E-state index in [1.807, 2.05) is 32.0 Å². The minimum Gasteiger partial charge on any atom is -0.346 e. The Morgan fingerprint density at radius 1 is 1.33 bits per heavy atom. The number of aryl methyl sites for hydroxylation is 1. The number of pyridine rings is 1. The van der Waals surface area contributed by atoms with Crippen LogP contribution in [0.2, 0.25) is 5.02 Å². The summed E-state index contributed by atoms with van der Waals surface area (Å²) in [5.74, 6) is -0.337. The molecule has 10 heteroatoms. The van der Waals surface area contributed by atoms with Crippen LogP contribution < -0.4 is 5.32 Å². The average molecular weight is 464 g/mol. The largest absolute Gasteiger partial charge is 0.346 e. The second-order valence-corrected chi connectivity index (χ2v) is 7.93. The van der Waals surface area contributed by atoms with Crippen LogP contribution in [0.15, 0.2) is 55.1 Å². The molecule has 8 nitrogen and oxygen atoms in total. The summed E-state index contributed by atoms with van der Waals surface area (Å²) in [5.41, 5.74) is 1.90. The smallest absolute Gasteiger partial charge is 0.271 e. The van der Waals surface area contributed by atoms with Crippen LogP contribution in [0.3, 0.4) is 0 Å². The summed E-state index contributed by atoms with van der Waals surface area (Å²) in [7, 11) is 0. The molecule has 4 aromatic rings. The number of hydrogen-bond acceptors (Lipinski definition) is 5. The molecule has 0 fully saturated rings. The third-order valence-corrected chi connectivity index (χ3v) is 5.18. The second kappa shape index (κ2) is 9.22. The van der Waals surface area contributed by atoms with Gasteiger partial charge in [-0.25, -0.2) is 14.4 Å². The first-order valence-electron chi connectivity index (χ1n) is 10.1. The summed E-state index contributed by atoms with van der Waals surface area (Å²) < 4.78 is 17.4. The van der Waals surface area contributed by atoms with E-state index in [4.69, 9.17) is 16.9 Å². The van der Waals surface area contributed by atoms with Gasteiger partial charge in [0.05, 0.1) is 17.3 Å². The van der Waals surface area contributed by atoms with Crippen LogP contribution in [0.5, 0.6) is 0 Å². The number of hydrogen-bond donors (Lipinski definition) is 1. The minimum atomic E-state index is -0.699. The molecule has 1 unspecified atom stereocenters. The molecule has 1 N–H and O–H groups in total. The lowest BCUT2D eigenvalue weighted by Gasteiger charge is -2.13. The molecule has 166 valence electrons. The van der Waals surface area contributed by atoms with Gasteiger partial charge < -0.3 is 5.32 Å². The molecule has 0 aliphatic rings. The van der Waals surface area contributed by atoms with Crippen molar-refractivity contribution in [2.45, 2.75) is 26.4 Å². The molecule has 0 bridgehead atoms. The number of nitrogens with one attached hydrogen (secondary N) is 1. The Labute approximate surface area is 194 Å². The number of nitriles is 1. The summed E-state index contributed by atoms with van der Waals surface area (Å²) >= 11 is 5.98. The van der Waals surface area contributed by atoms with Gasteiger partial charge in [-0.1, -0.05) is 17.7 Å². The molecule has 0 radical (unpaired) electrons. The highest BCUT2D eigenvalue weighted by atomic mass is 35.5. The maximum atomic E-state index is 14.0. The number of amides is 1. The van der Waals surface area contributed by atoms with Crippen LogP contribution in [0.25, 0.3) is 17.1 Å². The van der Waals surface area contributed by atoms with Gasteiger partial charge in [0.2, 0.25) is 0 Å². The zero-order valence-corrected chi connectivity index (χ0v) is 18.6. The SMILES string of the molecule is Cc1cccc(-n2cnc(C(=O)NC(C)Cn3ccc(-c4cc(F)c(C#N)c(Cl)c4)n3)c2)n1. The fourth-order valence-electron chi connectivity index (χ4n) is 3.31. The van der Waals surface area contributed by atoms with Crippen molar-refractivity contribution < 1.29 is 9.18 Å². The van der Waals surface area contributed by atoms with Gasteiger partial charge in [-0.15, -0.1) is 0 Å². The molecule has 3 heterocycles. The molecule has 0 spiro atoms. The summed E-state index contributed by atoms with van der Waals surface area (Å²) in [6, 6.07) is 11.5. The van der Waals surface area contributed by atoms with E-state index in [2.05, 4.69) is 20.4 Å². The molecule has 0 aliphatic carbocycles. The van der Waals surface area contributed by atoms with Gasteiger partial charge in [-0.3, -0.25) is 14.0 Å². The van der Waals surface area contributed by atoms with Crippen molar-refractivity contribution >= 4 is 17.5 Å². The zero-order chi connectivity index (χ0) is 23.5. The van der Waals surface area contributed by atoms with Crippen molar-refractivity contribution in [1.29, 1.82) is 5.26 Å². The number of carbonyl (C=O) groups is 1. The normalized spacial score (nSPS) is 11.7. The van der Waals surface area contributed by atoms with Gasteiger partial charge in [0.1, 0.15) is 35.3 Å². The Morgan fingerprint density at radius 2 is 2.15 bits per heavy atom. The van der Waals surface area contributed by atoms with Crippen LogP contribution in [0, 0.1) is 24.1 Å². The Bertz CT molecular complexity index is 1350. The van der Waals surface area contributed by atoms with Crippen molar-refractivity contribution in [3.05, 3.63) is 82.9 Å². The number of benzene rings is 1. The predicted octanol–water partition coefficient (Wildman–Crippen LogP) is 3.92. The van der Waals surface area contributed by atoms with Gasteiger partial charge in [0.25, 0.3) is 5.91 Å². The van der Waals surface area contributed by atoms with E-state index in [0.717, 1.165) is 5.69 Å². The molecule has 1 aromatic carbocycles. The fourth-order valence-corrected chi connectivity index (χ4v) is 3.56. The van der Waals surface area contributed by atoms with E-state index in [9.17, 15) is 9.18 Å². The van der Waals surface area contributed by atoms with E-state index >= 15 is 0 Å². The first-order chi connectivity index (χ1) is 15.8. The topological polar surface area (TPSA) is 101 Å². The van der Waals surface area contributed by atoms with Crippen molar-refractivity contribution in [1.82, 2.24) is 29.6 Å². The van der Waals surface area contributed by atoms with Crippen LogP contribution in [0.1, 0.15) is 28.7 Å². The summed E-state index contributed by atoms with van der Waals surface area (Å²) in [6.07, 6.45) is 4.89. The van der Waals surface area contributed by atoms with Crippen molar-refractivity contribution in [3.8, 4) is 23.1 Å². The fraction of sp³-hybridized carbons (Fsp3) is 0.174. The van der Waals surface area contributed by atoms with Gasteiger partial charge >= 0.3 is 0 Å². The molecule has 1 amide bonds. The Morgan fingerprint density at radius 3 is 2.88 bits per heavy atom. The minimum absolute atomic E-state index is 0.0305. The van der Waals surface area contributed by atoms with Crippen LogP contribution in [-0.4, -0.2) is 36.3 Å². The van der Waals surface area contributed by atoms with Crippen LogP contribution >= 0.6 is 11.6 Å². The number of imidazole rings is 1. The Kier molecular flexibility index (Phi) is 6.20. The number of aromatic nitrogens is 5. The van der Waals surface area contributed by atoms with Crippen LogP contribution in [-0.2, 0) is 6.54 Å². The lowest BCUT2D eigenvalue weighted by molar-refractivity contribution is 0.0931. The van der Waals surface area contributed by atoms with Gasteiger partial charge in [-0.2, -0.15) is 10.4 Å². The van der Waals surface area contributed by atoms with E-state index < -0.39 is 5.82 Å². The highest BCUT2D eigenvalue weighted by Gasteiger charge is 2.16. The molecule has 4 rings (SSSR count). The first kappa shape index (κ1) is 22.2. The van der Waals surface area contributed by atoms with Gasteiger partial charge in [-0.05, 0) is 44.2 Å². The summed E-state index contributed by atoms with van der Waals surface area (Å²) in [6.45, 7) is 4.12. The van der Waals surface area contributed by atoms with E-state index in [0.29, 0.717) is 23.6 Å². The van der Waals surface area contributed by atoms with Crippen molar-refractivity contribution in [3.63, 3.8) is 0 Å². The highest BCUT2D eigenvalue weighted by Crippen LogP contribution is 2.26. The molecule has 1 atom stereocenters. The molecule has 3 aromatic heterocycles. The molecule has 33 heavy (non-hydrogen) atoms. The number of rotatable bonds is 6. The third-order valence-electron chi connectivity index (χ3n) is 4.88. The molecule has 0 saturated heterocycles. The van der Waals surface area contributed by atoms with E-state index in [1.165, 1.54) is 12.1 Å². The number of halogens is 2. The molecular formula is C23H19ClFN7O. The summed E-state index contributed by atoms with van der Waals surface area (Å²) in [5, 5.41) is 16.3. The lowest BCUT2D eigenvalue weighted by Crippen LogP contribution is -2.36. The third kappa shape index (κ3) is 4.91. The lowest BCUT2D eigenvalue weighted by atomic mass is 10.1. The van der Waals surface area contributed by atoms with Gasteiger partial charge in [0.15, 0.2) is 0 Å². The average Bonchev–Trinajstić information content (AvgIpc) is 3.43. The van der Waals surface area contributed by atoms with Crippen LogP contribution in [0.4, 0.5) is 4.39 Å². The number of carbonyl (C=O) groups excluding carboxylic acids is 1.